The molecule has 4 rings (SSSR count). The van der Waals surface area contributed by atoms with Crippen LogP contribution in [0.4, 0.5) is 0 Å². The second-order valence-electron chi connectivity index (χ2n) is 8.63. The van der Waals surface area contributed by atoms with E-state index >= 15 is 0 Å². The van der Waals surface area contributed by atoms with E-state index < -0.39 is 0 Å². The Labute approximate surface area is 189 Å². The molecule has 0 atom stereocenters. The van der Waals surface area contributed by atoms with Crippen molar-refractivity contribution in [2.75, 3.05) is 13.7 Å². The number of hydrogen-bond donors (Lipinski definition) is 1. The normalized spacial score (nSPS) is 13.7. The molecule has 1 N–H and O–H groups in total. The number of carbonyl (C=O) groups is 1. The van der Waals surface area contributed by atoms with Crippen LogP contribution in [0.2, 0.25) is 0 Å². The maximum atomic E-state index is 12.5. The van der Waals surface area contributed by atoms with Gasteiger partial charge < -0.3 is 19.5 Å². The molecule has 0 fully saturated rings. The predicted molar refractivity (Wildman–Crippen MR) is 125 cm³/mol. The van der Waals surface area contributed by atoms with Crippen LogP contribution in [-0.4, -0.2) is 25.2 Å². The summed E-state index contributed by atoms with van der Waals surface area (Å²) in [5.74, 6) is 2.33. The topological polar surface area (TPSA) is 56.8 Å². The van der Waals surface area contributed by atoms with Crippen molar-refractivity contribution >= 4 is 5.91 Å². The van der Waals surface area contributed by atoms with E-state index in [0.717, 1.165) is 41.2 Å². The second kappa shape index (κ2) is 9.35. The van der Waals surface area contributed by atoms with Crippen LogP contribution < -0.4 is 19.5 Å². The van der Waals surface area contributed by atoms with Crippen LogP contribution in [-0.2, 0) is 19.4 Å². The molecule has 1 aliphatic rings. The molecule has 1 aliphatic heterocycles. The Kier molecular flexibility index (Phi) is 6.35. The first-order chi connectivity index (χ1) is 15.4. The number of carbonyl (C=O) groups excluding carboxylic acids is 1. The Hall–Kier alpha value is -3.47. The molecule has 1 heterocycles. The Balaban J connectivity index is 1.29. The van der Waals surface area contributed by atoms with E-state index in [1.165, 1.54) is 5.56 Å². The van der Waals surface area contributed by atoms with Gasteiger partial charge in [0.15, 0.2) is 11.5 Å². The van der Waals surface area contributed by atoms with Crippen LogP contribution >= 0.6 is 0 Å². The van der Waals surface area contributed by atoms with Gasteiger partial charge in [-0.3, -0.25) is 4.79 Å². The quantitative estimate of drug-likeness (QED) is 0.548. The average Bonchev–Trinajstić information content (AvgIpc) is 3.12. The number of benzene rings is 3. The Morgan fingerprint density at radius 3 is 2.59 bits per heavy atom. The molecule has 32 heavy (non-hydrogen) atoms. The van der Waals surface area contributed by atoms with E-state index in [0.29, 0.717) is 18.7 Å². The summed E-state index contributed by atoms with van der Waals surface area (Å²) in [6.07, 6.45) is 1.62. The summed E-state index contributed by atoms with van der Waals surface area (Å²) < 4.78 is 17.3. The zero-order valence-electron chi connectivity index (χ0n) is 18.8. The van der Waals surface area contributed by atoms with E-state index in [-0.39, 0.29) is 11.5 Å². The number of ether oxygens (including phenoxy) is 3. The summed E-state index contributed by atoms with van der Waals surface area (Å²) in [5.41, 5.74) is 3.71. The first-order valence-electron chi connectivity index (χ1n) is 10.9. The number of nitrogens with one attached hydrogen (secondary N) is 1. The fraction of sp³-hybridized carbons (Fsp3) is 0.296. The highest BCUT2D eigenvalue weighted by Gasteiger charge is 2.32. The summed E-state index contributed by atoms with van der Waals surface area (Å²) in [6.45, 7) is 5.14. The minimum atomic E-state index is -0.205. The van der Waals surface area contributed by atoms with Crippen molar-refractivity contribution in [3.63, 3.8) is 0 Å². The zero-order valence-corrected chi connectivity index (χ0v) is 18.8. The maximum absolute atomic E-state index is 12.5. The fourth-order valence-electron chi connectivity index (χ4n) is 3.86. The minimum absolute atomic E-state index is 0.0862. The van der Waals surface area contributed by atoms with Gasteiger partial charge in [0.25, 0.3) is 5.91 Å². The van der Waals surface area contributed by atoms with E-state index in [2.05, 4.69) is 25.2 Å². The maximum Gasteiger partial charge on any atom is 0.251 e. The lowest BCUT2D eigenvalue weighted by atomic mass is 10.0. The fourth-order valence-corrected chi connectivity index (χ4v) is 3.86. The van der Waals surface area contributed by atoms with Crippen molar-refractivity contribution in [2.45, 2.75) is 38.9 Å². The molecule has 1 amide bonds. The molecule has 166 valence electrons. The van der Waals surface area contributed by atoms with Gasteiger partial charge in [0.05, 0.1) is 7.11 Å². The number of fused-ring (bicyclic) bond motifs is 1. The van der Waals surface area contributed by atoms with Crippen molar-refractivity contribution in [1.29, 1.82) is 0 Å². The summed E-state index contributed by atoms with van der Waals surface area (Å²) in [4.78, 5) is 12.5. The molecule has 0 bridgehead atoms. The highest BCUT2D eigenvalue weighted by atomic mass is 16.5. The Morgan fingerprint density at radius 1 is 1.03 bits per heavy atom. The number of amides is 1. The molecule has 3 aromatic rings. The van der Waals surface area contributed by atoms with E-state index in [1.807, 2.05) is 60.7 Å². The van der Waals surface area contributed by atoms with Crippen molar-refractivity contribution in [2.24, 2.45) is 0 Å². The molecule has 5 heteroatoms. The van der Waals surface area contributed by atoms with Crippen molar-refractivity contribution in [3.8, 4) is 17.2 Å². The van der Waals surface area contributed by atoms with Crippen LogP contribution in [0.1, 0.15) is 40.9 Å². The van der Waals surface area contributed by atoms with Crippen molar-refractivity contribution in [3.05, 3.63) is 89.0 Å². The van der Waals surface area contributed by atoms with Gasteiger partial charge in [-0.1, -0.05) is 36.4 Å². The summed E-state index contributed by atoms with van der Waals surface area (Å²) in [6, 6.07) is 21.4. The van der Waals surface area contributed by atoms with Gasteiger partial charge in [0.2, 0.25) is 0 Å². The molecule has 0 aliphatic carbocycles. The number of hydrogen-bond acceptors (Lipinski definition) is 4. The van der Waals surface area contributed by atoms with Crippen LogP contribution in [0.3, 0.4) is 0 Å². The van der Waals surface area contributed by atoms with Gasteiger partial charge in [0, 0.05) is 24.1 Å². The third-order valence-corrected chi connectivity index (χ3v) is 5.50. The highest BCUT2D eigenvalue weighted by molar-refractivity contribution is 5.94. The number of para-hydroxylation sites is 1. The Morgan fingerprint density at radius 2 is 1.81 bits per heavy atom. The second-order valence-corrected chi connectivity index (χ2v) is 8.63. The molecule has 0 unspecified atom stereocenters. The lowest BCUT2D eigenvalue weighted by molar-refractivity contribution is 0.0954. The molecular formula is C27H29NO4. The third-order valence-electron chi connectivity index (χ3n) is 5.50. The number of rotatable bonds is 8. The summed E-state index contributed by atoms with van der Waals surface area (Å²) in [5, 5.41) is 2.97. The van der Waals surface area contributed by atoms with E-state index in [4.69, 9.17) is 14.2 Å². The molecule has 0 spiro atoms. The average molecular weight is 432 g/mol. The largest absolute Gasteiger partial charge is 0.497 e. The summed E-state index contributed by atoms with van der Waals surface area (Å²) in [7, 11) is 1.65. The minimum Gasteiger partial charge on any atom is -0.497 e. The van der Waals surface area contributed by atoms with Gasteiger partial charge in [-0.2, -0.15) is 0 Å². The number of methoxy groups -OCH3 is 1. The van der Waals surface area contributed by atoms with Crippen molar-refractivity contribution in [1.82, 2.24) is 5.32 Å². The zero-order chi connectivity index (χ0) is 22.6. The first kappa shape index (κ1) is 21.8. The molecule has 0 saturated heterocycles. The smallest absolute Gasteiger partial charge is 0.251 e. The van der Waals surface area contributed by atoms with Crippen LogP contribution in [0, 0.1) is 0 Å². The van der Waals surface area contributed by atoms with Gasteiger partial charge >= 0.3 is 0 Å². The molecular weight excluding hydrogens is 402 g/mol. The molecule has 0 saturated carbocycles. The van der Waals surface area contributed by atoms with Crippen LogP contribution in [0.15, 0.2) is 66.7 Å². The van der Waals surface area contributed by atoms with Crippen LogP contribution in [0.25, 0.3) is 0 Å². The lowest BCUT2D eigenvalue weighted by Gasteiger charge is -2.18. The van der Waals surface area contributed by atoms with Gasteiger partial charge in [0.1, 0.15) is 18.0 Å². The predicted octanol–water partition coefficient (Wildman–Crippen LogP) is 4.96. The monoisotopic (exact) mass is 431 g/mol. The third kappa shape index (κ3) is 5.22. The SMILES string of the molecule is COc1cccc(CCNC(=O)c2ccc(COc3cccc4c3OC(C)(C)C4)cc2)c1. The first-order valence-corrected chi connectivity index (χ1v) is 10.9. The van der Waals surface area contributed by atoms with Gasteiger partial charge in [-0.25, -0.2) is 0 Å². The van der Waals surface area contributed by atoms with Gasteiger partial charge in [-0.05, 0) is 61.7 Å². The Bertz CT molecular complexity index is 1090. The molecule has 0 radical (unpaired) electrons. The lowest BCUT2D eigenvalue weighted by Crippen LogP contribution is -2.25. The molecule has 0 aromatic heterocycles. The van der Waals surface area contributed by atoms with Crippen molar-refractivity contribution < 1.29 is 19.0 Å². The van der Waals surface area contributed by atoms with Crippen LogP contribution in [0.5, 0.6) is 17.2 Å². The highest BCUT2D eigenvalue weighted by Crippen LogP contribution is 2.41. The standard InChI is InChI=1S/C27H29NO4/c1-27(2)17-22-7-5-9-24(25(22)32-27)31-18-20-10-12-21(13-11-20)26(29)28-15-14-19-6-4-8-23(16-19)30-3/h4-13,16H,14-15,17-18H2,1-3H3,(H,28,29). The van der Waals surface area contributed by atoms with Gasteiger partial charge in [-0.15, -0.1) is 0 Å². The van der Waals surface area contributed by atoms with E-state index in [1.54, 1.807) is 7.11 Å². The van der Waals surface area contributed by atoms with E-state index in [9.17, 15) is 4.79 Å². The molecule has 5 nitrogen and oxygen atoms in total. The molecule has 3 aromatic carbocycles. The summed E-state index contributed by atoms with van der Waals surface area (Å²) >= 11 is 0.